The second-order valence-electron chi connectivity index (χ2n) is 5.62. The summed E-state index contributed by atoms with van der Waals surface area (Å²) in [5.41, 5.74) is 2.12. The monoisotopic (exact) mass is 316 g/mol. The number of benzene rings is 1. The van der Waals surface area contributed by atoms with Gasteiger partial charge in [0.25, 0.3) is 0 Å². The van der Waals surface area contributed by atoms with Gasteiger partial charge in [-0.3, -0.25) is 0 Å². The van der Waals surface area contributed by atoms with Gasteiger partial charge in [0, 0.05) is 17.0 Å². The van der Waals surface area contributed by atoms with Gasteiger partial charge in [0.15, 0.2) is 6.10 Å². The Balaban J connectivity index is 1.93. The van der Waals surface area contributed by atoms with Crippen molar-refractivity contribution >= 4 is 16.9 Å². The van der Waals surface area contributed by atoms with Crippen LogP contribution in [0.3, 0.4) is 0 Å². The highest BCUT2D eigenvalue weighted by Crippen LogP contribution is 2.30. The third-order valence-corrected chi connectivity index (χ3v) is 4.14. The van der Waals surface area contributed by atoms with E-state index in [1.165, 1.54) is 0 Å². The average molecular weight is 316 g/mol. The van der Waals surface area contributed by atoms with E-state index >= 15 is 0 Å². The van der Waals surface area contributed by atoms with E-state index in [0.717, 1.165) is 35.8 Å². The minimum Gasteiger partial charge on any atom is -0.479 e. The molecule has 0 saturated carbocycles. The van der Waals surface area contributed by atoms with Gasteiger partial charge in [-0.05, 0) is 50.3 Å². The summed E-state index contributed by atoms with van der Waals surface area (Å²) in [6, 6.07) is 5.38. The predicted molar refractivity (Wildman–Crippen MR) is 85.8 cm³/mol. The number of esters is 1. The second-order valence-corrected chi connectivity index (χ2v) is 5.62. The molecular weight excluding hydrogens is 296 g/mol. The van der Waals surface area contributed by atoms with E-state index in [9.17, 15) is 9.59 Å². The minimum atomic E-state index is -0.659. The van der Waals surface area contributed by atoms with E-state index in [1.807, 2.05) is 19.1 Å². The molecule has 5 nitrogen and oxygen atoms in total. The highest BCUT2D eigenvalue weighted by molar-refractivity contribution is 5.83. The fraction of sp³-hybridized carbons (Fsp3) is 0.444. The first-order valence-electron chi connectivity index (χ1n) is 8.06. The lowest BCUT2D eigenvalue weighted by Crippen LogP contribution is -2.28. The van der Waals surface area contributed by atoms with Gasteiger partial charge in [0.1, 0.15) is 11.3 Å². The van der Waals surface area contributed by atoms with Crippen LogP contribution in [0.1, 0.15) is 37.8 Å². The summed E-state index contributed by atoms with van der Waals surface area (Å²) in [6.45, 7) is 3.93. The molecule has 1 unspecified atom stereocenters. The highest BCUT2D eigenvalue weighted by Gasteiger charge is 2.22. The Hall–Kier alpha value is -2.30. The first-order valence-corrected chi connectivity index (χ1v) is 8.06. The number of carbonyl (C=O) groups excluding carboxylic acids is 1. The second kappa shape index (κ2) is 6.44. The van der Waals surface area contributed by atoms with Crippen molar-refractivity contribution in [2.45, 2.75) is 45.6 Å². The fourth-order valence-corrected chi connectivity index (χ4v) is 3.03. The summed E-state index contributed by atoms with van der Waals surface area (Å²) < 4.78 is 16.1. The van der Waals surface area contributed by atoms with Crippen LogP contribution in [0.4, 0.5) is 0 Å². The molecule has 0 N–H and O–H groups in total. The van der Waals surface area contributed by atoms with Crippen molar-refractivity contribution in [2.75, 3.05) is 6.61 Å². The largest absolute Gasteiger partial charge is 0.479 e. The highest BCUT2D eigenvalue weighted by atomic mass is 16.6. The SMILES string of the molecule is CCOC(=O)C(CC)Oc1ccc2c3c(c(=O)oc2c1)CCC3. The lowest BCUT2D eigenvalue weighted by Gasteiger charge is -2.16. The molecule has 0 radical (unpaired) electrons. The average Bonchev–Trinajstić information content (AvgIpc) is 3.03. The summed E-state index contributed by atoms with van der Waals surface area (Å²) in [5, 5.41) is 0.952. The van der Waals surface area contributed by atoms with E-state index in [2.05, 4.69) is 0 Å². The van der Waals surface area contributed by atoms with E-state index < -0.39 is 6.10 Å². The van der Waals surface area contributed by atoms with Gasteiger partial charge < -0.3 is 13.9 Å². The molecule has 1 atom stereocenters. The summed E-state index contributed by atoms with van der Waals surface area (Å²) in [4.78, 5) is 23.9. The fourth-order valence-electron chi connectivity index (χ4n) is 3.03. The topological polar surface area (TPSA) is 65.7 Å². The van der Waals surface area contributed by atoms with Crippen LogP contribution in [-0.4, -0.2) is 18.7 Å². The van der Waals surface area contributed by atoms with E-state index in [0.29, 0.717) is 24.4 Å². The van der Waals surface area contributed by atoms with E-state index in [4.69, 9.17) is 13.9 Å². The molecular formula is C18H20O5. The molecule has 0 aliphatic heterocycles. The zero-order chi connectivity index (χ0) is 16.4. The van der Waals surface area contributed by atoms with Gasteiger partial charge in [-0.15, -0.1) is 0 Å². The number of aryl methyl sites for hydroxylation is 1. The van der Waals surface area contributed by atoms with Gasteiger partial charge in [0.05, 0.1) is 6.61 Å². The Morgan fingerprint density at radius 3 is 2.78 bits per heavy atom. The van der Waals surface area contributed by atoms with Crippen LogP contribution >= 0.6 is 0 Å². The van der Waals surface area contributed by atoms with E-state index in [-0.39, 0.29) is 11.6 Å². The Morgan fingerprint density at radius 2 is 2.04 bits per heavy atom. The molecule has 1 aromatic heterocycles. The van der Waals surface area contributed by atoms with Crippen LogP contribution < -0.4 is 10.4 Å². The van der Waals surface area contributed by atoms with Crippen molar-refractivity contribution in [2.24, 2.45) is 0 Å². The molecule has 2 aromatic rings. The molecule has 1 aliphatic carbocycles. The quantitative estimate of drug-likeness (QED) is 0.626. The molecule has 0 amide bonds. The third-order valence-electron chi connectivity index (χ3n) is 4.14. The first kappa shape index (κ1) is 15.6. The van der Waals surface area contributed by atoms with Crippen LogP contribution in [-0.2, 0) is 22.4 Å². The predicted octanol–water partition coefficient (Wildman–Crippen LogP) is 3.00. The van der Waals surface area contributed by atoms with Crippen molar-refractivity contribution in [3.8, 4) is 5.75 Å². The number of rotatable bonds is 5. The summed E-state index contributed by atoms with van der Waals surface area (Å²) >= 11 is 0. The van der Waals surface area contributed by atoms with Crippen molar-refractivity contribution in [3.05, 3.63) is 39.7 Å². The Kier molecular flexibility index (Phi) is 4.37. The summed E-state index contributed by atoms with van der Waals surface area (Å²) in [7, 11) is 0. The smallest absolute Gasteiger partial charge is 0.347 e. The summed E-state index contributed by atoms with van der Waals surface area (Å²) in [6.07, 6.45) is 2.52. The third kappa shape index (κ3) is 2.96. The molecule has 0 spiro atoms. The molecule has 3 rings (SSSR count). The normalized spacial score (nSPS) is 14.5. The lowest BCUT2D eigenvalue weighted by atomic mass is 10.1. The van der Waals surface area contributed by atoms with Crippen molar-refractivity contribution in [3.63, 3.8) is 0 Å². The molecule has 23 heavy (non-hydrogen) atoms. The Morgan fingerprint density at radius 1 is 1.26 bits per heavy atom. The van der Waals surface area contributed by atoms with Crippen molar-refractivity contribution in [1.82, 2.24) is 0 Å². The maximum Gasteiger partial charge on any atom is 0.347 e. The maximum absolute atomic E-state index is 12.0. The molecule has 1 heterocycles. The number of fused-ring (bicyclic) bond motifs is 3. The number of hydrogen-bond donors (Lipinski definition) is 0. The van der Waals surface area contributed by atoms with Gasteiger partial charge in [-0.25, -0.2) is 9.59 Å². The van der Waals surface area contributed by atoms with Gasteiger partial charge in [-0.2, -0.15) is 0 Å². The number of carbonyl (C=O) groups is 1. The molecule has 1 aliphatic rings. The molecule has 5 heteroatoms. The Labute approximate surface area is 134 Å². The zero-order valence-corrected chi connectivity index (χ0v) is 13.4. The molecule has 0 bridgehead atoms. The van der Waals surface area contributed by atoms with Gasteiger partial charge in [-0.1, -0.05) is 6.92 Å². The van der Waals surface area contributed by atoms with Crippen molar-refractivity contribution < 1.29 is 18.7 Å². The van der Waals surface area contributed by atoms with Crippen LogP contribution in [0, 0.1) is 0 Å². The lowest BCUT2D eigenvalue weighted by molar-refractivity contribution is -0.151. The molecule has 122 valence electrons. The van der Waals surface area contributed by atoms with Gasteiger partial charge >= 0.3 is 11.6 Å². The summed E-state index contributed by atoms with van der Waals surface area (Å²) in [5.74, 6) is 0.115. The maximum atomic E-state index is 12.0. The van der Waals surface area contributed by atoms with Crippen LogP contribution in [0.5, 0.6) is 5.75 Å². The number of ether oxygens (including phenoxy) is 2. The minimum absolute atomic E-state index is 0.264. The first-order chi connectivity index (χ1) is 11.1. The Bertz CT molecular complexity index is 790. The van der Waals surface area contributed by atoms with Crippen LogP contribution in [0.15, 0.2) is 27.4 Å². The van der Waals surface area contributed by atoms with Crippen LogP contribution in [0.2, 0.25) is 0 Å². The van der Waals surface area contributed by atoms with Crippen molar-refractivity contribution in [1.29, 1.82) is 0 Å². The zero-order valence-electron chi connectivity index (χ0n) is 13.4. The molecule has 1 aromatic carbocycles. The molecule has 0 fully saturated rings. The molecule has 0 saturated heterocycles. The van der Waals surface area contributed by atoms with E-state index in [1.54, 1.807) is 13.0 Å². The van der Waals surface area contributed by atoms with Gasteiger partial charge in [0.2, 0.25) is 0 Å². The van der Waals surface area contributed by atoms with Crippen LogP contribution in [0.25, 0.3) is 11.0 Å². The number of hydrogen-bond acceptors (Lipinski definition) is 5. The standard InChI is InChI=1S/C18H20O5/c1-3-15(18(20)21-4-2)22-11-8-9-13-12-6-5-7-14(12)17(19)23-16(13)10-11/h8-10,15H,3-7H2,1-2H3.